The third-order valence-corrected chi connectivity index (χ3v) is 3.28. The van der Waals surface area contributed by atoms with Crippen LogP contribution in [0.2, 0.25) is 0 Å². The van der Waals surface area contributed by atoms with Crippen LogP contribution in [-0.2, 0) is 9.59 Å². The van der Waals surface area contributed by atoms with Crippen molar-refractivity contribution in [1.29, 1.82) is 0 Å². The summed E-state index contributed by atoms with van der Waals surface area (Å²) in [6.45, 7) is 1.97. The second-order valence-electron chi connectivity index (χ2n) is 4.30. The summed E-state index contributed by atoms with van der Waals surface area (Å²) in [5, 5.41) is 5.65. The number of likely N-dealkylation sites (N-methyl/N-ethyl adjacent to an activating group) is 1. The van der Waals surface area contributed by atoms with E-state index in [1.807, 2.05) is 11.9 Å². The summed E-state index contributed by atoms with van der Waals surface area (Å²) in [4.78, 5) is 24.6. The Hall–Kier alpha value is -0.940. The van der Waals surface area contributed by atoms with Gasteiger partial charge in [0.05, 0.1) is 12.5 Å². The van der Waals surface area contributed by atoms with E-state index in [0.717, 1.165) is 25.9 Å². The number of amides is 2. The average molecular weight is 211 g/mol. The Morgan fingerprint density at radius 3 is 2.73 bits per heavy atom. The number of imide groups is 1. The molecule has 0 aliphatic carbocycles. The van der Waals surface area contributed by atoms with E-state index in [1.165, 1.54) is 0 Å². The van der Waals surface area contributed by atoms with E-state index >= 15 is 0 Å². The van der Waals surface area contributed by atoms with Gasteiger partial charge in [0.1, 0.15) is 0 Å². The number of nitrogens with zero attached hydrogens (tertiary/aromatic N) is 1. The Labute approximate surface area is 89.2 Å². The average Bonchev–Trinajstić information content (AvgIpc) is 2.58. The summed E-state index contributed by atoms with van der Waals surface area (Å²) in [6.07, 6.45) is 2.55. The monoisotopic (exact) mass is 211 g/mol. The van der Waals surface area contributed by atoms with Crippen LogP contribution in [0.5, 0.6) is 0 Å². The van der Waals surface area contributed by atoms with Crippen LogP contribution in [0.4, 0.5) is 0 Å². The van der Waals surface area contributed by atoms with Gasteiger partial charge < -0.3 is 5.32 Å². The maximum atomic E-state index is 11.5. The molecule has 84 valence electrons. The second-order valence-corrected chi connectivity index (χ2v) is 4.30. The Morgan fingerprint density at radius 1 is 1.40 bits per heavy atom. The minimum atomic E-state index is -0.262. The summed E-state index contributed by atoms with van der Waals surface area (Å²) in [5.74, 6) is -0.298. The smallest absolute Gasteiger partial charge is 0.244 e. The zero-order valence-electron chi connectivity index (χ0n) is 8.95. The Balaban J connectivity index is 1.97. The molecule has 5 heteroatoms. The maximum absolute atomic E-state index is 11.5. The molecule has 0 radical (unpaired) electrons. The molecule has 2 aliphatic heterocycles. The van der Waals surface area contributed by atoms with Gasteiger partial charge >= 0.3 is 0 Å². The molecular weight excluding hydrogens is 194 g/mol. The first kappa shape index (κ1) is 10.6. The van der Waals surface area contributed by atoms with Crippen LogP contribution in [0, 0.1) is 0 Å². The largest absolute Gasteiger partial charge is 0.315 e. The van der Waals surface area contributed by atoms with E-state index in [1.54, 1.807) is 0 Å². The van der Waals surface area contributed by atoms with Crippen molar-refractivity contribution >= 4 is 11.8 Å². The third-order valence-electron chi connectivity index (χ3n) is 3.28. The molecule has 0 bridgehead atoms. The van der Waals surface area contributed by atoms with Crippen LogP contribution in [-0.4, -0.2) is 48.9 Å². The van der Waals surface area contributed by atoms with Crippen molar-refractivity contribution in [1.82, 2.24) is 15.5 Å². The maximum Gasteiger partial charge on any atom is 0.244 e. The van der Waals surface area contributed by atoms with E-state index in [4.69, 9.17) is 0 Å². The summed E-state index contributed by atoms with van der Waals surface area (Å²) < 4.78 is 0. The highest BCUT2D eigenvalue weighted by atomic mass is 16.2. The molecule has 2 heterocycles. The Bertz CT molecular complexity index is 274. The van der Waals surface area contributed by atoms with Crippen molar-refractivity contribution < 1.29 is 9.59 Å². The highest BCUT2D eigenvalue weighted by molar-refractivity contribution is 6.05. The molecule has 0 aromatic heterocycles. The minimum absolute atomic E-state index is 0.145. The predicted octanol–water partition coefficient (Wildman–Crippen LogP) is -0.915. The van der Waals surface area contributed by atoms with Gasteiger partial charge in [-0.1, -0.05) is 0 Å². The first-order chi connectivity index (χ1) is 7.18. The molecule has 15 heavy (non-hydrogen) atoms. The van der Waals surface area contributed by atoms with Crippen molar-refractivity contribution in [3.05, 3.63) is 0 Å². The number of carbonyl (C=O) groups excluding carboxylic acids is 2. The van der Waals surface area contributed by atoms with Gasteiger partial charge in [-0.15, -0.1) is 0 Å². The Kier molecular flexibility index (Phi) is 3.02. The van der Waals surface area contributed by atoms with Crippen molar-refractivity contribution in [3.63, 3.8) is 0 Å². The fourth-order valence-corrected chi connectivity index (χ4v) is 2.30. The molecule has 0 spiro atoms. The number of carbonyl (C=O) groups is 2. The van der Waals surface area contributed by atoms with Crippen LogP contribution in [0.3, 0.4) is 0 Å². The Morgan fingerprint density at radius 2 is 2.20 bits per heavy atom. The van der Waals surface area contributed by atoms with Gasteiger partial charge in [-0.3, -0.25) is 19.8 Å². The van der Waals surface area contributed by atoms with Gasteiger partial charge in [0, 0.05) is 12.6 Å². The van der Waals surface area contributed by atoms with Gasteiger partial charge in [-0.2, -0.15) is 0 Å². The van der Waals surface area contributed by atoms with Crippen LogP contribution in [0.25, 0.3) is 0 Å². The van der Waals surface area contributed by atoms with Gasteiger partial charge in [-0.25, -0.2) is 0 Å². The zero-order valence-corrected chi connectivity index (χ0v) is 8.95. The van der Waals surface area contributed by atoms with E-state index in [-0.39, 0.29) is 17.9 Å². The quantitative estimate of drug-likeness (QED) is 0.580. The number of rotatable bonds is 2. The highest BCUT2D eigenvalue weighted by Crippen LogP contribution is 2.16. The highest BCUT2D eigenvalue weighted by Gasteiger charge is 2.36. The number of nitrogens with one attached hydrogen (secondary N) is 2. The molecular formula is C10H17N3O2. The first-order valence-corrected chi connectivity index (χ1v) is 5.45. The normalized spacial score (nSPS) is 32.1. The molecule has 2 fully saturated rings. The lowest BCUT2D eigenvalue weighted by Crippen LogP contribution is -2.50. The summed E-state index contributed by atoms with van der Waals surface area (Å²) in [6, 6.07) is 0.114. The van der Waals surface area contributed by atoms with Gasteiger partial charge in [0.2, 0.25) is 11.8 Å². The van der Waals surface area contributed by atoms with Crippen LogP contribution in [0.1, 0.15) is 19.3 Å². The SMILES string of the molecule is CN(C1CCCNC1)C1CC(=O)NC1=O. The topological polar surface area (TPSA) is 61.4 Å². The lowest BCUT2D eigenvalue weighted by atomic mass is 10.0. The molecule has 2 rings (SSSR count). The lowest BCUT2D eigenvalue weighted by Gasteiger charge is -2.34. The van der Waals surface area contributed by atoms with Crippen LogP contribution < -0.4 is 10.6 Å². The molecule has 0 aromatic carbocycles. The standard InChI is InChI=1S/C10H17N3O2/c1-13(7-3-2-4-11-6-7)8-5-9(14)12-10(8)15/h7-8,11H,2-6H2,1H3,(H,12,14,15). The molecule has 2 atom stereocenters. The van der Waals surface area contributed by atoms with E-state index < -0.39 is 0 Å². The van der Waals surface area contributed by atoms with E-state index in [2.05, 4.69) is 10.6 Å². The fraction of sp³-hybridized carbons (Fsp3) is 0.800. The van der Waals surface area contributed by atoms with E-state index in [0.29, 0.717) is 12.5 Å². The van der Waals surface area contributed by atoms with Crippen molar-refractivity contribution in [3.8, 4) is 0 Å². The summed E-state index contributed by atoms with van der Waals surface area (Å²) >= 11 is 0. The molecule has 5 nitrogen and oxygen atoms in total. The number of hydrogen-bond acceptors (Lipinski definition) is 4. The first-order valence-electron chi connectivity index (χ1n) is 5.45. The fourth-order valence-electron chi connectivity index (χ4n) is 2.30. The number of hydrogen-bond donors (Lipinski definition) is 2. The molecule has 2 unspecified atom stereocenters. The second kappa shape index (κ2) is 4.28. The predicted molar refractivity (Wildman–Crippen MR) is 55.2 cm³/mol. The van der Waals surface area contributed by atoms with Crippen molar-refractivity contribution in [2.75, 3.05) is 20.1 Å². The lowest BCUT2D eigenvalue weighted by molar-refractivity contribution is -0.126. The van der Waals surface area contributed by atoms with Crippen LogP contribution >= 0.6 is 0 Å². The van der Waals surface area contributed by atoms with Gasteiger partial charge in [-0.05, 0) is 26.4 Å². The number of piperidine rings is 1. The van der Waals surface area contributed by atoms with Crippen molar-refractivity contribution in [2.24, 2.45) is 0 Å². The van der Waals surface area contributed by atoms with Crippen LogP contribution in [0.15, 0.2) is 0 Å². The molecule has 2 N–H and O–H groups in total. The minimum Gasteiger partial charge on any atom is -0.315 e. The molecule has 2 amide bonds. The molecule has 2 saturated heterocycles. The van der Waals surface area contributed by atoms with Gasteiger partial charge in [0.25, 0.3) is 0 Å². The van der Waals surface area contributed by atoms with E-state index in [9.17, 15) is 9.59 Å². The summed E-state index contributed by atoms with van der Waals surface area (Å²) in [5.41, 5.74) is 0. The van der Waals surface area contributed by atoms with Crippen molar-refractivity contribution in [2.45, 2.75) is 31.3 Å². The van der Waals surface area contributed by atoms with Gasteiger partial charge in [0.15, 0.2) is 0 Å². The molecule has 2 aliphatic rings. The summed E-state index contributed by atoms with van der Waals surface area (Å²) in [7, 11) is 1.93. The zero-order chi connectivity index (χ0) is 10.8. The molecule has 0 aromatic rings. The molecule has 0 saturated carbocycles. The third kappa shape index (κ3) is 2.18.